The number of piperazine rings is 1. The van der Waals surface area contributed by atoms with E-state index in [0.717, 1.165) is 65.0 Å². The minimum absolute atomic E-state index is 0.114. The van der Waals surface area contributed by atoms with Crippen molar-refractivity contribution in [2.75, 3.05) is 52.4 Å². The van der Waals surface area contributed by atoms with Gasteiger partial charge in [-0.2, -0.15) is 4.31 Å². The van der Waals surface area contributed by atoms with Crippen LogP contribution in [0.15, 0.2) is 21.7 Å². The molecule has 0 aliphatic carbocycles. The minimum Gasteiger partial charge on any atom is -0.377 e. The van der Waals surface area contributed by atoms with E-state index < -0.39 is 10.0 Å². The molecule has 156 valence electrons. The number of piperidine rings is 1. The molecule has 1 aromatic rings. The Morgan fingerprint density at radius 3 is 2.64 bits per heavy atom. The zero-order chi connectivity index (χ0) is 19.6. The van der Waals surface area contributed by atoms with Gasteiger partial charge < -0.3 is 9.64 Å². The Labute approximate surface area is 171 Å². The average molecular weight is 428 g/mol. The summed E-state index contributed by atoms with van der Waals surface area (Å²) in [5.74, 6) is -0.115. The predicted molar refractivity (Wildman–Crippen MR) is 108 cm³/mol. The minimum atomic E-state index is -3.48. The number of carbonyl (C=O) groups is 1. The monoisotopic (exact) mass is 427 g/mol. The van der Waals surface area contributed by atoms with E-state index >= 15 is 0 Å². The fourth-order valence-electron chi connectivity index (χ4n) is 4.39. The molecular weight excluding hydrogens is 398 g/mol. The Morgan fingerprint density at radius 2 is 1.96 bits per heavy atom. The molecule has 0 spiro atoms. The second kappa shape index (κ2) is 8.79. The molecule has 4 rings (SSSR count). The lowest BCUT2D eigenvalue weighted by atomic mass is 9.97. The van der Waals surface area contributed by atoms with Gasteiger partial charge in [-0.25, -0.2) is 8.42 Å². The van der Waals surface area contributed by atoms with Gasteiger partial charge in [0, 0.05) is 52.4 Å². The van der Waals surface area contributed by atoms with E-state index in [2.05, 4.69) is 4.90 Å². The van der Waals surface area contributed by atoms with Crippen molar-refractivity contribution in [3.63, 3.8) is 0 Å². The molecule has 2 unspecified atom stereocenters. The summed E-state index contributed by atoms with van der Waals surface area (Å²) in [7, 11) is -3.48. The largest absolute Gasteiger partial charge is 0.377 e. The maximum atomic E-state index is 13.0. The third kappa shape index (κ3) is 4.43. The molecule has 1 amide bonds. The number of ether oxygens (including phenoxy) is 1. The predicted octanol–water partition coefficient (Wildman–Crippen LogP) is 1.47. The molecule has 28 heavy (non-hydrogen) atoms. The summed E-state index contributed by atoms with van der Waals surface area (Å²) < 4.78 is 33.2. The Morgan fingerprint density at radius 1 is 1.14 bits per heavy atom. The van der Waals surface area contributed by atoms with Crippen LogP contribution >= 0.6 is 11.3 Å². The highest BCUT2D eigenvalue weighted by atomic mass is 32.2. The topological polar surface area (TPSA) is 70.2 Å². The maximum absolute atomic E-state index is 13.0. The summed E-state index contributed by atoms with van der Waals surface area (Å²) in [5.41, 5.74) is 0. The van der Waals surface area contributed by atoms with Crippen LogP contribution in [-0.4, -0.2) is 87.0 Å². The molecule has 0 radical (unpaired) electrons. The standard InChI is InChI=1S/C19H29N3O4S2/c23-19(21-10-8-20(9-11-21)15-17-5-2-12-26-17)16-4-1-7-22(14-16)28(24,25)18-6-3-13-27-18/h3,6,13,16-17H,1-2,4-5,7-12,14-15H2. The van der Waals surface area contributed by atoms with Gasteiger partial charge in [-0.15, -0.1) is 11.3 Å². The van der Waals surface area contributed by atoms with Gasteiger partial charge in [0.2, 0.25) is 5.91 Å². The maximum Gasteiger partial charge on any atom is 0.252 e. The van der Waals surface area contributed by atoms with E-state index in [9.17, 15) is 13.2 Å². The van der Waals surface area contributed by atoms with Gasteiger partial charge >= 0.3 is 0 Å². The molecule has 0 N–H and O–H groups in total. The second-order valence-corrected chi connectivity index (χ2v) is 11.0. The van der Waals surface area contributed by atoms with Gasteiger partial charge in [0.05, 0.1) is 12.0 Å². The van der Waals surface area contributed by atoms with E-state index in [-0.39, 0.29) is 11.8 Å². The highest BCUT2D eigenvalue weighted by molar-refractivity contribution is 7.91. The third-order valence-corrected chi connectivity index (χ3v) is 9.23. The molecule has 0 bridgehead atoms. The molecule has 4 heterocycles. The second-order valence-electron chi connectivity index (χ2n) is 7.90. The number of sulfonamides is 1. The molecule has 3 saturated heterocycles. The van der Waals surface area contributed by atoms with E-state index in [1.54, 1.807) is 17.5 Å². The number of hydrogen-bond acceptors (Lipinski definition) is 6. The number of nitrogens with zero attached hydrogens (tertiary/aromatic N) is 3. The van der Waals surface area contributed by atoms with Crippen LogP contribution in [0.25, 0.3) is 0 Å². The quantitative estimate of drug-likeness (QED) is 0.712. The van der Waals surface area contributed by atoms with E-state index in [4.69, 9.17) is 4.74 Å². The van der Waals surface area contributed by atoms with E-state index in [1.807, 2.05) is 4.90 Å². The normalized spacial score (nSPS) is 27.9. The fraction of sp³-hybridized carbons (Fsp3) is 0.737. The SMILES string of the molecule is O=C(C1CCCN(S(=O)(=O)c2cccs2)C1)N1CCN(CC2CCCO2)CC1. The number of amides is 1. The van der Waals surface area contributed by atoms with Crippen molar-refractivity contribution < 1.29 is 17.9 Å². The van der Waals surface area contributed by atoms with Crippen LogP contribution in [0, 0.1) is 5.92 Å². The zero-order valence-electron chi connectivity index (χ0n) is 16.2. The summed E-state index contributed by atoms with van der Waals surface area (Å²) in [6.07, 6.45) is 4.13. The molecule has 0 aromatic carbocycles. The average Bonchev–Trinajstić information content (AvgIpc) is 3.43. The van der Waals surface area contributed by atoms with Crippen molar-refractivity contribution in [1.82, 2.24) is 14.1 Å². The molecule has 2 atom stereocenters. The highest BCUT2D eigenvalue weighted by Gasteiger charge is 2.36. The Kier molecular flexibility index (Phi) is 6.37. The van der Waals surface area contributed by atoms with Crippen molar-refractivity contribution >= 4 is 27.3 Å². The van der Waals surface area contributed by atoms with Crippen LogP contribution < -0.4 is 0 Å². The number of rotatable bonds is 5. The zero-order valence-corrected chi connectivity index (χ0v) is 17.8. The third-order valence-electron chi connectivity index (χ3n) is 5.99. The van der Waals surface area contributed by atoms with Crippen LogP contribution in [0.1, 0.15) is 25.7 Å². The first-order chi connectivity index (χ1) is 13.5. The van der Waals surface area contributed by atoms with Crippen LogP contribution in [0.3, 0.4) is 0 Å². The lowest BCUT2D eigenvalue weighted by Gasteiger charge is -2.39. The molecular formula is C19H29N3O4S2. The van der Waals surface area contributed by atoms with Crippen molar-refractivity contribution in [3.05, 3.63) is 17.5 Å². The molecule has 0 saturated carbocycles. The fourth-order valence-corrected chi connectivity index (χ4v) is 7.05. The molecule has 3 aliphatic heterocycles. The number of thiophene rings is 1. The number of carbonyl (C=O) groups excluding carboxylic acids is 1. The van der Waals surface area contributed by atoms with E-state index in [1.165, 1.54) is 15.6 Å². The van der Waals surface area contributed by atoms with Gasteiger partial charge in [-0.1, -0.05) is 6.07 Å². The molecule has 1 aromatic heterocycles. The van der Waals surface area contributed by atoms with Gasteiger partial charge in [-0.05, 0) is 37.1 Å². The molecule has 3 aliphatic rings. The van der Waals surface area contributed by atoms with Crippen molar-refractivity contribution in [2.45, 2.75) is 36.0 Å². The Bertz CT molecular complexity index is 754. The van der Waals surface area contributed by atoms with E-state index in [0.29, 0.717) is 23.4 Å². The molecule has 7 nitrogen and oxygen atoms in total. The summed E-state index contributed by atoms with van der Waals surface area (Å²) >= 11 is 1.23. The van der Waals surface area contributed by atoms with Crippen LogP contribution in [0.5, 0.6) is 0 Å². The van der Waals surface area contributed by atoms with Gasteiger partial charge in [0.1, 0.15) is 4.21 Å². The first kappa shape index (κ1) is 20.3. The summed E-state index contributed by atoms with van der Waals surface area (Å²) in [6, 6.07) is 3.39. The van der Waals surface area contributed by atoms with Gasteiger partial charge in [0.25, 0.3) is 10.0 Å². The Hall–Kier alpha value is -1.00. The summed E-state index contributed by atoms with van der Waals surface area (Å²) in [5, 5.41) is 1.77. The number of hydrogen-bond donors (Lipinski definition) is 0. The van der Waals surface area contributed by atoms with Gasteiger partial charge in [0.15, 0.2) is 0 Å². The van der Waals surface area contributed by atoms with Crippen LogP contribution in [0.4, 0.5) is 0 Å². The highest BCUT2D eigenvalue weighted by Crippen LogP contribution is 2.27. The first-order valence-electron chi connectivity index (χ1n) is 10.2. The molecule has 3 fully saturated rings. The smallest absolute Gasteiger partial charge is 0.252 e. The summed E-state index contributed by atoms with van der Waals surface area (Å²) in [6.45, 7) is 5.81. The van der Waals surface area contributed by atoms with Gasteiger partial charge in [-0.3, -0.25) is 9.69 Å². The van der Waals surface area contributed by atoms with Crippen molar-refractivity contribution in [3.8, 4) is 0 Å². The van der Waals surface area contributed by atoms with Crippen LogP contribution in [0.2, 0.25) is 0 Å². The first-order valence-corrected chi connectivity index (χ1v) is 12.5. The Balaban J connectivity index is 1.31. The summed E-state index contributed by atoms with van der Waals surface area (Å²) in [4.78, 5) is 17.3. The molecule has 9 heteroatoms. The lowest BCUT2D eigenvalue weighted by Crippen LogP contribution is -2.53. The van der Waals surface area contributed by atoms with Crippen LogP contribution in [-0.2, 0) is 19.6 Å². The van der Waals surface area contributed by atoms with Crippen molar-refractivity contribution in [1.29, 1.82) is 0 Å². The lowest BCUT2D eigenvalue weighted by molar-refractivity contribution is -0.138. The van der Waals surface area contributed by atoms with Crippen molar-refractivity contribution in [2.24, 2.45) is 5.92 Å².